The molecule has 2 aliphatic rings. The Balaban J connectivity index is 1.64. The van der Waals surface area contributed by atoms with E-state index < -0.39 is 33.8 Å². The molecule has 7 nitrogen and oxygen atoms in total. The van der Waals surface area contributed by atoms with Crippen molar-refractivity contribution in [1.82, 2.24) is 4.90 Å². The largest absolute Gasteiger partial charge is 0.494 e. The number of piperidine rings is 1. The number of hydrogen-bond donors (Lipinski definition) is 0. The number of amides is 1. The van der Waals surface area contributed by atoms with E-state index in [0.717, 1.165) is 0 Å². The number of hydrogen-bond acceptors (Lipinski definition) is 6. The Morgan fingerprint density at radius 1 is 1.12 bits per heavy atom. The minimum atomic E-state index is -3.48. The van der Waals surface area contributed by atoms with Crippen LogP contribution in [-0.4, -0.2) is 62.2 Å². The van der Waals surface area contributed by atoms with Crippen molar-refractivity contribution in [2.75, 3.05) is 18.8 Å². The summed E-state index contributed by atoms with van der Waals surface area (Å²) in [5, 5.41) is 0. The molecule has 2 saturated heterocycles. The van der Waals surface area contributed by atoms with Gasteiger partial charge in [0, 0.05) is 13.1 Å². The molecule has 0 aliphatic carbocycles. The number of carbonyl (C=O) groups excluding carboxylic acids is 1. The summed E-state index contributed by atoms with van der Waals surface area (Å²) >= 11 is 0. The Morgan fingerprint density at radius 3 is 2.22 bits per heavy atom. The Hall–Kier alpha value is -1.58. The minimum absolute atomic E-state index is 0.000750. The third-order valence-electron chi connectivity index (χ3n) is 6.46. The molecule has 0 saturated carbocycles. The molecule has 1 aromatic carbocycles. The highest BCUT2D eigenvalue weighted by Crippen LogP contribution is 2.36. The van der Waals surface area contributed by atoms with Gasteiger partial charge in [-0.15, -0.1) is 0 Å². The van der Waals surface area contributed by atoms with Gasteiger partial charge in [0.1, 0.15) is 5.60 Å². The quantitative estimate of drug-likeness (QED) is 0.634. The van der Waals surface area contributed by atoms with Gasteiger partial charge < -0.3 is 18.9 Å². The van der Waals surface area contributed by atoms with Crippen LogP contribution in [-0.2, 0) is 23.9 Å². The van der Waals surface area contributed by atoms with Crippen LogP contribution in [0, 0.1) is 5.92 Å². The van der Waals surface area contributed by atoms with Crippen molar-refractivity contribution in [2.45, 2.75) is 83.0 Å². The standard InChI is InChI=1S/C23H36BNO6S/c1-21(2,3)29-20(26)25-13-11-17(12-14-25)16-32(27,28)19-10-8-9-18(15-19)24-30-22(4,5)23(6,7)31-24/h8-10,15,17H,11-14,16H2,1-7H3. The summed E-state index contributed by atoms with van der Waals surface area (Å²) in [6, 6.07) is 6.85. The average Bonchev–Trinajstić information content (AvgIpc) is 2.88. The molecule has 0 atom stereocenters. The molecule has 32 heavy (non-hydrogen) atoms. The second-order valence-corrected chi connectivity index (χ2v) is 12.9. The van der Waals surface area contributed by atoms with Crippen molar-refractivity contribution in [1.29, 1.82) is 0 Å². The van der Waals surface area contributed by atoms with Gasteiger partial charge in [0.2, 0.25) is 0 Å². The number of sulfone groups is 1. The molecule has 2 fully saturated rings. The predicted molar refractivity (Wildman–Crippen MR) is 125 cm³/mol. The van der Waals surface area contributed by atoms with Crippen molar-refractivity contribution in [3.8, 4) is 0 Å². The van der Waals surface area contributed by atoms with E-state index in [2.05, 4.69) is 0 Å². The second-order valence-electron chi connectivity index (χ2n) is 10.9. The second kappa shape index (κ2) is 8.65. The molecular formula is C23H36BNO6S. The highest BCUT2D eigenvalue weighted by Gasteiger charge is 2.51. The smallest absolute Gasteiger partial charge is 0.444 e. The zero-order chi connectivity index (χ0) is 23.9. The molecule has 178 valence electrons. The van der Waals surface area contributed by atoms with Gasteiger partial charge in [-0.2, -0.15) is 0 Å². The molecule has 0 aromatic heterocycles. The molecule has 0 spiro atoms. The van der Waals surface area contributed by atoms with Crippen LogP contribution in [0.3, 0.4) is 0 Å². The van der Waals surface area contributed by atoms with E-state index in [-0.39, 0.29) is 22.7 Å². The van der Waals surface area contributed by atoms with Crippen molar-refractivity contribution < 1.29 is 27.3 Å². The number of ether oxygens (including phenoxy) is 1. The van der Waals surface area contributed by atoms with E-state index >= 15 is 0 Å². The lowest BCUT2D eigenvalue weighted by molar-refractivity contribution is 0.00578. The number of rotatable bonds is 4. The van der Waals surface area contributed by atoms with Gasteiger partial charge >= 0.3 is 13.2 Å². The van der Waals surface area contributed by atoms with E-state index in [1.54, 1.807) is 23.1 Å². The first-order chi connectivity index (χ1) is 14.6. The van der Waals surface area contributed by atoms with E-state index in [1.165, 1.54) is 0 Å². The lowest BCUT2D eigenvalue weighted by Crippen LogP contribution is -2.42. The van der Waals surface area contributed by atoms with E-state index in [9.17, 15) is 13.2 Å². The lowest BCUT2D eigenvalue weighted by Gasteiger charge is -2.33. The summed E-state index contributed by atoms with van der Waals surface area (Å²) in [6.45, 7) is 14.4. The summed E-state index contributed by atoms with van der Waals surface area (Å²) in [7, 11) is -4.09. The highest BCUT2D eigenvalue weighted by molar-refractivity contribution is 7.91. The van der Waals surface area contributed by atoms with Gasteiger partial charge in [0.15, 0.2) is 9.84 Å². The van der Waals surface area contributed by atoms with E-state index in [4.69, 9.17) is 14.0 Å². The highest BCUT2D eigenvalue weighted by atomic mass is 32.2. The Labute approximate surface area is 192 Å². The molecule has 9 heteroatoms. The SMILES string of the molecule is CC(C)(C)OC(=O)N1CCC(CS(=O)(=O)c2cccc(B3OC(C)(C)C(C)(C)O3)c2)CC1. The molecule has 0 unspecified atom stereocenters. The van der Waals surface area contributed by atoms with Gasteiger partial charge in [-0.3, -0.25) is 0 Å². The maximum absolute atomic E-state index is 13.1. The first-order valence-electron chi connectivity index (χ1n) is 11.3. The summed E-state index contributed by atoms with van der Waals surface area (Å²) in [5.74, 6) is 0.0568. The van der Waals surface area contributed by atoms with Gasteiger partial charge in [-0.05, 0) is 84.8 Å². The first-order valence-corrected chi connectivity index (χ1v) is 12.9. The van der Waals surface area contributed by atoms with Crippen LogP contribution >= 0.6 is 0 Å². The molecule has 3 rings (SSSR count). The van der Waals surface area contributed by atoms with Gasteiger partial charge in [-0.1, -0.05) is 12.1 Å². The molecule has 0 N–H and O–H groups in total. The maximum Gasteiger partial charge on any atom is 0.494 e. The number of carbonyl (C=O) groups is 1. The van der Waals surface area contributed by atoms with Crippen LogP contribution < -0.4 is 5.46 Å². The molecular weight excluding hydrogens is 429 g/mol. The van der Waals surface area contributed by atoms with E-state index in [0.29, 0.717) is 31.4 Å². The summed E-state index contributed by atoms with van der Waals surface area (Å²) in [6.07, 6.45) is 0.930. The fraction of sp³-hybridized carbons (Fsp3) is 0.696. The van der Waals surface area contributed by atoms with Crippen molar-refractivity contribution in [3.63, 3.8) is 0 Å². The first kappa shape index (κ1) is 25.1. The van der Waals surface area contributed by atoms with Gasteiger partial charge in [0.25, 0.3) is 0 Å². The van der Waals surface area contributed by atoms with Crippen LogP contribution in [0.25, 0.3) is 0 Å². The molecule has 2 heterocycles. The monoisotopic (exact) mass is 465 g/mol. The summed E-state index contributed by atoms with van der Waals surface area (Å²) in [5.41, 5.74) is -0.826. The van der Waals surface area contributed by atoms with Crippen LogP contribution in [0.4, 0.5) is 4.79 Å². The predicted octanol–water partition coefficient (Wildman–Crippen LogP) is 3.41. The van der Waals surface area contributed by atoms with Crippen LogP contribution in [0.2, 0.25) is 0 Å². The van der Waals surface area contributed by atoms with Gasteiger partial charge in [0.05, 0.1) is 21.9 Å². The summed E-state index contributed by atoms with van der Waals surface area (Å²) < 4.78 is 43.8. The zero-order valence-corrected chi connectivity index (χ0v) is 21.1. The third-order valence-corrected chi connectivity index (χ3v) is 8.35. The molecule has 1 aromatic rings. The van der Waals surface area contributed by atoms with Crippen molar-refractivity contribution >= 4 is 28.5 Å². The van der Waals surface area contributed by atoms with Crippen LogP contribution in [0.15, 0.2) is 29.2 Å². The zero-order valence-electron chi connectivity index (χ0n) is 20.3. The Bertz CT molecular complexity index is 929. The third kappa shape index (κ3) is 5.67. The summed E-state index contributed by atoms with van der Waals surface area (Å²) in [4.78, 5) is 14.2. The lowest BCUT2D eigenvalue weighted by atomic mass is 9.79. The average molecular weight is 465 g/mol. The number of nitrogens with zero attached hydrogens (tertiary/aromatic N) is 1. The van der Waals surface area contributed by atoms with Crippen molar-refractivity contribution in [3.05, 3.63) is 24.3 Å². The molecule has 2 aliphatic heterocycles. The Morgan fingerprint density at radius 2 is 1.69 bits per heavy atom. The van der Waals surface area contributed by atoms with Crippen LogP contribution in [0.5, 0.6) is 0 Å². The topological polar surface area (TPSA) is 82.1 Å². The normalized spacial score (nSPS) is 21.6. The van der Waals surface area contributed by atoms with Crippen molar-refractivity contribution in [2.24, 2.45) is 5.92 Å². The maximum atomic E-state index is 13.1. The Kier molecular flexibility index (Phi) is 6.77. The molecule has 0 bridgehead atoms. The number of likely N-dealkylation sites (tertiary alicyclic amines) is 1. The van der Waals surface area contributed by atoms with E-state index in [1.807, 2.05) is 54.5 Å². The molecule has 1 amide bonds. The molecule has 0 radical (unpaired) electrons. The fourth-order valence-electron chi connectivity index (χ4n) is 3.85. The number of benzene rings is 1. The minimum Gasteiger partial charge on any atom is -0.444 e. The fourth-order valence-corrected chi connectivity index (χ4v) is 5.60. The van der Waals surface area contributed by atoms with Gasteiger partial charge in [-0.25, -0.2) is 13.2 Å². The van der Waals surface area contributed by atoms with Crippen LogP contribution in [0.1, 0.15) is 61.3 Å².